The van der Waals surface area contributed by atoms with E-state index in [0.29, 0.717) is 32.4 Å². The number of likely N-dealkylation sites (tertiary alicyclic amines) is 1. The highest BCUT2D eigenvalue weighted by molar-refractivity contribution is 6.07. The Balaban J connectivity index is 1.42. The number of hydrogen-bond acceptors (Lipinski definition) is 3. The molecule has 25 heavy (non-hydrogen) atoms. The fourth-order valence-electron chi connectivity index (χ4n) is 3.65. The van der Waals surface area contributed by atoms with E-state index in [1.54, 1.807) is 4.90 Å². The van der Waals surface area contributed by atoms with Gasteiger partial charge < -0.3 is 10.2 Å². The van der Waals surface area contributed by atoms with Gasteiger partial charge in [-0.15, -0.1) is 0 Å². The number of rotatable bonds is 2. The van der Waals surface area contributed by atoms with Crippen LogP contribution in [-0.4, -0.2) is 41.4 Å². The van der Waals surface area contributed by atoms with Crippen molar-refractivity contribution in [3.63, 3.8) is 0 Å². The normalized spacial score (nSPS) is 19.1. The van der Waals surface area contributed by atoms with Gasteiger partial charge in [-0.2, -0.15) is 0 Å². The van der Waals surface area contributed by atoms with Crippen LogP contribution in [0, 0.1) is 0 Å². The topological polar surface area (TPSA) is 78.5 Å². The number of urea groups is 1. The summed E-state index contributed by atoms with van der Waals surface area (Å²) in [5.74, 6) is -0.228. The summed E-state index contributed by atoms with van der Waals surface area (Å²) in [6, 6.07) is 13.7. The first-order chi connectivity index (χ1) is 12.1. The van der Waals surface area contributed by atoms with Crippen molar-refractivity contribution in [1.82, 2.24) is 15.5 Å². The maximum absolute atomic E-state index is 12.6. The second-order valence-corrected chi connectivity index (χ2v) is 6.73. The summed E-state index contributed by atoms with van der Waals surface area (Å²) in [5, 5.41) is 7.27. The number of carbonyl (C=O) groups is 3. The van der Waals surface area contributed by atoms with Gasteiger partial charge in [0, 0.05) is 13.1 Å². The molecule has 2 heterocycles. The lowest BCUT2D eigenvalue weighted by atomic mass is 9.87. The molecular formula is C19H19N3O3. The van der Waals surface area contributed by atoms with Crippen molar-refractivity contribution in [1.29, 1.82) is 0 Å². The molecule has 4 amide bonds. The molecule has 0 atom stereocenters. The van der Waals surface area contributed by atoms with Gasteiger partial charge in [0.2, 0.25) is 5.91 Å². The minimum absolute atomic E-state index is 0.0508. The molecule has 2 fully saturated rings. The van der Waals surface area contributed by atoms with Crippen LogP contribution in [0.3, 0.4) is 0 Å². The van der Waals surface area contributed by atoms with Gasteiger partial charge in [0.15, 0.2) is 0 Å². The van der Waals surface area contributed by atoms with Crippen molar-refractivity contribution >= 4 is 28.6 Å². The number of nitrogens with zero attached hydrogens (tertiary/aromatic N) is 1. The van der Waals surface area contributed by atoms with Crippen molar-refractivity contribution < 1.29 is 14.4 Å². The molecule has 2 aromatic rings. The molecule has 128 valence electrons. The molecule has 2 aliphatic heterocycles. The van der Waals surface area contributed by atoms with Crippen LogP contribution in [0.2, 0.25) is 0 Å². The molecule has 2 N–H and O–H groups in total. The lowest BCUT2D eigenvalue weighted by molar-refractivity contribution is -0.135. The smallest absolute Gasteiger partial charge is 0.322 e. The average Bonchev–Trinajstić information content (AvgIpc) is 2.88. The minimum atomic E-state index is -0.836. The Labute approximate surface area is 145 Å². The third-order valence-electron chi connectivity index (χ3n) is 5.15. The number of amides is 4. The summed E-state index contributed by atoms with van der Waals surface area (Å²) in [5.41, 5.74) is 0.146. The quantitative estimate of drug-likeness (QED) is 0.817. The standard InChI is InChI=1S/C19H19N3O3/c23-16(12-13-5-6-14-3-1-2-4-15(14)11-13)22-9-7-19(8-10-22)17(24)20-18(25)21-19/h1-6,11H,7-10,12H2,(H2,20,21,24,25). The highest BCUT2D eigenvalue weighted by Gasteiger charge is 2.48. The Morgan fingerprint density at radius 3 is 2.44 bits per heavy atom. The van der Waals surface area contributed by atoms with Crippen LogP contribution in [0.25, 0.3) is 10.8 Å². The second-order valence-electron chi connectivity index (χ2n) is 6.73. The van der Waals surface area contributed by atoms with Gasteiger partial charge in [-0.3, -0.25) is 14.9 Å². The first-order valence-corrected chi connectivity index (χ1v) is 8.45. The third-order valence-corrected chi connectivity index (χ3v) is 5.15. The zero-order valence-electron chi connectivity index (χ0n) is 13.7. The van der Waals surface area contributed by atoms with Crippen LogP contribution in [-0.2, 0) is 16.0 Å². The van der Waals surface area contributed by atoms with E-state index in [2.05, 4.69) is 10.6 Å². The number of carbonyl (C=O) groups excluding carboxylic acids is 3. The van der Waals surface area contributed by atoms with E-state index in [9.17, 15) is 14.4 Å². The molecule has 6 nitrogen and oxygen atoms in total. The van der Waals surface area contributed by atoms with Crippen LogP contribution >= 0.6 is 0 Å². The van der Waals surface area contributed by atoms with Gasteiger partial charge in [-0.1, -0.05) is 42.5 Å². The highest BCUT2D eigenvalue weighted by atomic mass is 16.2. The first-order valence-electron chi connectivity index (χ1n) is 8.45. The number of imide groups is 1. The van der Waals surface area contributed by atoms with Gasteiger partial charge in [0.05, 0.1) is 6.42 Å². The summed E-state index contributed by atoms with van der Waals surface area (Å²) in [6.45, 7) is 0.945. The summed E-state index contributed by atoms with van der Waals surface area (Å²) in [7, 11) is 0. The molecule has 6 heteroatoms. The van der Waals surface area contributed by atoms with Crippen molar-refractivity contribution in [2.75, 3.05) is 13.1 Å². The maximum atomic E-state index is 12.6. The molecule has 0 radical (unpaired) electrons. The first kappa shape index (κ1) is 15.6. The van der Waals surface area contributed by atoms with Crippen LogP contribution in [0.1, 0.15) is 18.4 Å². The molecule has 0 saturated carbocycles. The average molecular weight is 337 g/mol. The van der Waals surface area contributed by atoms with Gasteiger partial charge in [-0.25, -0.2) is 4.79 Å². The van der Waals surface area contributed by atoms with Crippen LogP contribution in [0.15, 0.2) is 42.5 Å². The van der Waals surface area contributed by atoms with Crippen molar-refractivity contribution in [3.8, 4) is 0 Å². The Bertz CT molecular complexity index is 869. The maximum Gasteiger partial charge on any atom is 0.322 e. The van der Waals surface area contributed by atoms with E-state index < -0.39 is 11.6 Å². The predicted molar refractivity (Wildman–Crippen MR) is 92.9 cm³/mol. The lowest BCUT2D eigenvalue weighted by Crippen LogP contribution is -2.55. The zero-order chi connectivity index (χ0) is 17.4. The van der Waals surface area contributed by atoms with Crippen molar-refractivity contribution in [2.45, 2.75) is 24.8 Å². The molecule has 4 rings (SSSR count). The highest BCUT2D eigenvalue weighted by Crippen LogP contribution is 2.26. The number of fused-ring (bicyclic) bond motifs is 1. The molecule has 0 bridgehead atoms. The molecule has 0 unspecified atom stereocenters. The Morgan fingerprint density at radius 2 is 1.76 bits per heavy atom. The second kappa shape index (κ2) is 5.88. The summed E-state index contributed by atoms with van der Waals surface area (Å²) in [4.78, 5) is 37.7. The third kappa shape index (κ3) is 2.84. The molecule has 2 aliphatic rings. The van der Waals surface area contributed by atoms with E-state index >= 15 is 0 Å². The summed E-state index contributed by atoms with van der Waals surface area (Å²) >= 11 is 0. The molecule has 2 aromatic carbocycles. The van der Waals surface area contributed by atoms with E-state index in [0.717, 1.165) is 16.3 Å². The number of hydrogen-bond donors (Lipinski definition) is 2. The number of nitrogens with one attached hydrogen (secondary N) is 2. The Hall–Kier alpha value is -2.89. The summed E-state index contributed by atoms with van der Waals surface area (Å²) in [6.07, 6.45) is 1.25. The van der Waals surface area contributed by atoms with Gasteiger partial charge in [0.25, 0.3) is 5.91 Å². The Kier molecular flexibility index (Phi) is 3.67. The molecule has 0 aliphatic carbocycles. The van der Waals surface area contributed by atoms with Crippen LogP contribution in [0.4, 0.5) is 4.79 Å². The monoisotopic (exact) mass is 337 g/mol. The number of benzene rings is 2. The molecule has 0 aromatic heterocycles. The van der Waals surface area contributed by atoms with Gasteiger partial charge in [0.1, 0.15) is 5.54 Å². The zero-order valence-corrected chi connectivity index (χ0v) is 13.7. The van der Waals surface area contributed by atoms with E-state index in [-0.39, 0.29) is 11.8 Å². The van der Waals surface area contributed by atoms with Crippen LogP contribution < -0.4 is 10.6 Å². The molecule has 2 saturated heterocycles. The fraction of sp³-hybridized carbons (Fsp3) is 0.316. The van der Waals surface area contributed by atoms with Crippen molar-refractivity contribution in [3.05, 3.63) is 48.0 Å². The predicted octanol–water partition coefficient (Wildman–Crippen LogP) is 1.58. The van der Waals surface area contributed by atoms with Crippen LogP contribution in [0.5, 0.6) is 0 Å². The van der Waals surface area contributed by atoms with E-state index in [1.165, 1.54) is 0 Å². The number of piperidine rings is 1. The lowest BCUT2D eigenvalue weighted by Gasteiger charge is -2.37. The van der Waals surface area contributed by atoms with Crippen molar-refractivity contribution in [2.24, 2.45) is 0 Å². The molecule has 1 spiro atoms. The molecular weight excluding hydrogens is 318 g/mol. The van der Waals surface area contributed by atoms with Gasteiger partial charge >= 0.3 is 6.03 Å². The van der Waals surface area contributed by atoms with Gasteiger partial charge in [-0.05, 0) is 29.2 Å². The minimum Gasteiger partial charge on any atom is -0.342 e. The largest absolute Gasteiger partial charge is 0.342 e. The Morgan fingerprint density at radius 1 is 1.04 bits per heavy atom. The summed E-state index contributed by atoms with van der Waals surface area (Å²) < 4.78 is 0. The fourth-order valence-corrected chi connectivity index (χ4v) is 3.65. The van der Waals surface area contributed by atoms with E-state index in [1.807, 2.05) is 42.5 Å². The van der Waals surface area contributed by atoms with E-state index in [4.69, 9.17) is 0 Å². The SMILES string of the molecule is O=C1NC(=O)C2(CCN(C(=O)Cc3ccc4ccccc4c3)CC2)N1.